The van der Waals surface area contributed by atoms with Crippen LogP contribution >= 0.6 is 11.3 Å². The molecule has 1 aromatic heterocycles. The van der Waals surface area contributed by atoms with Crippen LogP contribution in [-0.2, 0) is 6.54 Å². The van der Waals surface area contributed by atoms with Crippen molar-refractivity contribution < 1.29 is 0 Å². The molecular weight excluding hydrogens is 240 g/mol. The number of hydrogen-bond acceptors (Lipinski definition) is 3. The highest BCUT2D eigenvalue weighted by Crippen LogP contribution is 2.29. The molecule has 0 amide bonds. The summed E-state index contributed by atoms with van der Waals surface area (Å²) in [6.07, 6.45) is 6.91. The van der Waals surface area contributed by atoms with Crippen molar-refractivity contribution in [3.8, 4) is 0 Å². The van der Waals surface area contributed by atoms with Gasteiger partial charge in [0.15, 0.2) is 0 Å². The number of nitrogens with one attached hydrogen (secondary N) is 1. The third-order valence-electron chi connectivity index (χ3n) is 4.35. The molecule has 0 saturated heterocycles. The van der Waals surface area contributed by atoms with E-state index < -0.39 is 0 Å². The molecule has 2 rings (SSSR count). The molecule has 3 heteroatoms. The highest BCUT2D eigenvalue weighted by Gasteiger charge is 2.20. The summed E-state index contributed by atoms with van der Waals surface area (Å²) in [5.41, 5.74) is 3.15. The van der Waals surface area contributed by atoms with Gasteiger partial charge in [0.05, 0.1) is 11.2 Å². The topological polar surface area (TPSA) is 24.9 Å². The van der Waals surface area contributed by atoms with Crippen LogP contribution in [0.1, 0.15) is 56.5 Å². The molecule has 0 spiro atoms. The minimum Gasteiger partial charge on any atom is -0.309 e. The third kappa shape index (κ3) is 3.79. The molecular formula is C15H26N2S. The first-order valence-electron chi connectivity index (χ1n) is 7.29. The molecule has 0 bridgehead atoms. The third-order valence-corrected chi connectivity index (χ3v) is 5.29. The smallest absolute Gasteiger partial charge is 0.0798 e. The van der Waals surface area contributed by atoms with Crippen LogP contribution in [0.2, 0.25) is 0 Å². The first kappa shape index (κ1) is 14.0. The minimum atomic E-state index is 0.718. The fraction of sp³-hybridized carbons (Fsp3) is 0.800. The van der Waals surface area contributed by atoms with E-state index in [1.807, 2.05) is 5.51 Å². The zero-order chi connectivity index (χ0) is 13.0. The fourth-order valence-corrected chi connectivity index (χ4v) is 3.66. The lowest BCUT2D eigenvalue weighted by atomic mass is 9.89. The quantitative estimate of drug-likeness (QED) is 0.828. The summed E-state index contributed by atoms with van der Waals surface area (Å²) in [5, 5.41) is 3.73. The first-order valence-corrected chi connectivity index (χ1v) is 8.17. The maximum absolute atomic E-state index is 4.31. The monoisotopic (exact) mass is 266 g/mol. The van der Waals surface area contributed by atoms with E-state index in [9.17, 15) is 0 Å². The fourth-order valence-electron chi connectivity index (χ4n) is 2.93. The van der Waals surface area contributed by atoms with Crippen LogP contribution in [0, 0.1) is 18.8 Å². The summed E-state index contributed by atoms with van der Waals surface area (Å²) in [4.78, 5) is 5.72. The predicted octanol–water partition coefficient (Wildman–Crippen LogP) is 4.15. The van der Waals surface area contributed by atoms with Crippen LogP contribution < -0.4 is 5.32 Å². The molecule has 1 heterocycles. The van der Waals surface area contributed by atoms with Crippen molar-refractivity contribution in [2.24, 2.45) is 11.8 Å². The van der Waals surface area contributed by atoms with Crippen LogP contribution in [0.15, 0.2) is 5.51 Å². The number of rotatable bonds is 4. The normalized spacial score (nSPS) is 25.3. The number of aromatic nitrogens is 1. The lowest BCUT2D eigenvalue weighted by molar-refractivity contribution is 0.338. The zero-order valence-corrected chi connectivity index (χ0v) is 12.7. The van der Waals surface area contributed by atoms with E-state index in [1.54, 1.807) is 11.3 Å². The van der Waals surface area contributed by atoms with Crippen LogP contribution in [-0.4, -0.2) is 11.0 Å². The average Bonchev–Trinajstić information content (AvgIpc) is 2.62. The second kappa shape index (κ2) is 6.67. The lowest BCUT2D eigenvalue weighted by Gasteiger charge is -2.19. The van der Waals surface area contributed by atoms with Crippen LogP contribution in [0.4, 0.5) is 0 Å². The first-order chi connectivity index (χ1) is 8.66. The van der Waals surface area contributed by atoms with Crippen LogP contribution in [0.5, 0.6) is 0 Å². The van der Waals surface area contributed by atoms with Gasteiger partial charge in [-0.2, -0.15) is 0 Å². The molecule has 1 N–H and O–H groups in total. The molecule has 1 saturated carbocycles. The number of thiazole rings is 1. The summed E-state index contributed by atoms with van der Waals surface area (Å²) in [6, 6.07) is 0.718. The molecule has 1 fully saturated rings. The van der Waals surface area contributed by atoms with E-state index in [4.69, 9.17) is 0 Å². The summed E-state index contributed by atoms with van der Waals surface area (Å²) in [6.45, 7) is 7.86. The zero-order valence-electron chi connectivity index (χ0n) is 11.9. The number of nitrogens with zero attached hydrogens (tertiary/aromatic N) is 1. The highest BCUT2D eigenvalue weighted by atomic mass is 32.1. The molecule has 0 aromatic carbocycles. The van der Waals surface area contributed by atoms with Gasteiger partial charge in [0.1, 0.15) is 0 Å². The largest absolute Gasteiger partial charge is 0.309 e. The molecule has 102 valence electrons. The second-order valence-corrected chi connectivity index (χ2v) is 6.89. The number of hydrogen-bond donors (Lipinski definition) is 1. The van der Waals surface area contributed by atoms with Gasteiger partial charge in [0.2, 0.25) is 0 Å². The summed E-state index contributed by atoms with van der Waals surface area (Å²) in [5.74, 6) is 1.80. The standard InChI is InChI=1S/C15H26N2S/c1-11(2)13-5-4-6-14(8-7-13)16-9-15-12(3)17-10-18-15/h10-11,13-14,16H,4-9H2,1-3H3. The van der Waals surface area contributed by atoms with Gasteiger partial charge in [0.25, 0.3) is 0 Å². The van der Waals surface area contributed by atoms with Crippen molar-refractivity contribution >= 4 is 11.3 Å². The summed E-state index contributed by atoms with van der Waals surface area (Å²) in [7, 11) is 0. The van der Waals surface area contributed by atoms with Gasteiger partial charge in [-0.05, 0) is 38.0 Å². The van der Waals surface area contributed by atoms with Gasteiger partial charge >= 0.3 is 0 Å². The van der Waals surface area contributed by atoms with Gasteiger partial charge in [0, 0.05) is 17.5 Å². The Hall–Kier alpha value is -0.410. The van der Waals surface area contributed by atoms with Crippen molar-refractivity contribution in [2.45, 2.75) is 65.5 Å². The van der Waals surface area contributed by atoms with E-state index >= 15 is 0 Å². The van der Waals surface area contributed by atoms with Crippen molar-refractivity contribution in [1.29, 1.82) is 0 Å². The Morgan fingerprint density at radius 3 is 2.83 bits per heavy atom. The van der Waals surface area contributed by atoms with Crippen LogP contribution in [0.25, 0.3) is 0 Å². The second-order valence-electron chi connectivity index (χ2n) is 5.95. The van der Waals surface area contributed by atoms with E-state index in [2.05, 4.69) is 31.1 Å². The van der Waals surface area contributed by atoms with E-state index in [1.165, 1.54) is 42.7 Å². The molecule has 2 atom stereocenters. The molecule has 0 radical (unpaired) electrons. The Morgan fingerprint density at radius 1 is 1.33 bits per heavy atom. The van der Waals surface area contributed by atoms with Crippen molar-refractivity contribution in [3.05, 3.63) is 16.1 Å². The van der Waals surface area contributed by atoms with Gasteiger partial charge in [-0.25, -0.2) is 4.98 Å². The lowest BCUT2D eigenvalue weighted by Crippen LogP contribution is -2.28. The van der Waals surface area contributed by atoms with Gasteiger partial charge in [-0.1, -0.05) is 26.7 Å². The molecule has 0 aliphatic heterocycles. The average molecular weight is 266 g/mol. The van der Waals surface area contributed by atoms with Crippen molar-refractivity contribution in [2.75, 3.05) is 0 Å². The summed E-state index contributed by atoms with van der Waals surface area (Å²) >= 11 is 1.78. The van der Waals surface area contributed by atoms with Gasteiger partial charge in [-0.15, -0.1) is 11.3 Å². The maximum Gasteiger partial charge on any atom is 0.0798 e. The highest BCUT2D eigenvalue weighted by molar-refractivity contribution is 7.09. The van der Waals surface area contributed by atoms with Crippen LogP contribution in [0.3, 0.4) is 0 Å². The van der Waals surface area contributed by atoms with Gasteiger partial charge < -0.3 is 5.32 Å². The SMILES string of the molecule is Cc1ncsc1CNC1CCCC(C(C)C)CC1. The van der Waals surface area contributed by atoms with E-state index in [-0.39, 0.29) is 0 Å². The Labute approximate surface area is 115 Å². The van der Waals surface area contributed by atoms with E-state index in [0.29, 0.717) is 0 Å². The molecule has 18 heavy (non-hydrogen) atoms. The Bertz CT molecular complexity index is 359. The van der Waals surface area contributed by atoms with E-state index in [0.717, 1.165) is 24.4 Å². The molecule has 1 aromatic rings. The van der Waals surface area contributed by atoms with Gasteiger partial charge in [-0.3, -0.25) is 0 Å². The number of aryl methyl sites for hydroxylation is 1. The Balaban J connectivity index is 1.79. The Morgan fingerprint density at radius 2 is 2.17 bits per heavy atom. The maximum atomic E-state index is 4.31. The molecule has 2 unspecified atom stereocenters. The molecule has 1 aliphatic rings. The molecule has 1 aliphatic carbocycles. The predicted molar refractivity (Wildman–Crippen MR) is 78.9 cm³/mol. The van der Waals surface area contributed by atoms with Crippen molar-refractivity contribution in [1.82, 2.24) is 10.3 Å². The molecule has 2 nitrogen and oxygen atoms in total. The summed E-state index contributed by atoms with van der Waals surface area (Å²) < 4.78 is 0. The Kier molecular flexibility index (Phi) is 5.19. The minimum absolute atomic E-state index is 0.718. The van der Waals surface area contributed by atoms with Crippen molar-refractivity contribution in [3.63, 3.8) is 0 Å².